The van der Waals surface area contributed by atoms with E-state index in [4.69, 9.17) is 11.1 Å². The third kappa shape index (κ3) is 3.67. The molecule has 0 saturated carbocycles. The molecule has 0 radical (unpaired) electrons. The van der Waals surface area contributed by atoms with Crippen LogP contribution in [-0.2, 0) is 0 Å². The summed E-state index contributed by atoms with van der Waals surface area (Å²) < 4.78 is 0. The van der Waals surface area contributed by atoms with Gasteiger partial charge in [0.1, 0.15) is 0 Å². The van der Waals surface area contributed by atoms with Crippen molar-refractivity contribution in [3.63, 3.8) is 0 Å². The van der Waals surface area contributed by atoms with Crippen LogP contribution in [0.15, 0.2) is 0 Å². The minimum atomic E-state index is 0.233. The van der Waals surface area contributed by atoms with Crippen molar-refractivity contribution < 1.29 is 0 Å². The standard InChI is InChI=1S/C12H26N4/c1-3-5-6-7-11-10-16(12(13)14)9-8-15(11)4-2/h11H,3-10H2,1-2H3,(H3,13,14). The lowest BCUT2D eigenvalue weighted by atomic mass is 10.0. The molecule has 1 aliphatic rings. The van der Waals surface area contributed by atoms with Crippen LogP contribution in [0.2, 0.25) is 0 Å². The van der Waals surface area contributed by atoms with Gasteiger partial charge in [0.15, 0.2) is 5.96 Å². The quantitative estimate of drug-likeness (QED) is 0.424. The molecule has 1 heterocycles. The van der Waals surface area contributed by atoms with Gasteiger partial charge in [0, 0.05) is 25.7 Å². The van der Waals surface area contributed by atoms with Gasteiger partial charge >= 0.3 is 0 Å². The zero-order valence-electron chi connectivity index (χ0n) is 10.7. The molecule has 4 heteroatoms. The molecule has 1 saturated heterocycles. The van der Waals surface area contributed by atoms with Crippen LogP contribution >= 0.6 is 0 Å². The monoisotopic (exact) mass is 226 g/mol. The van der Waals surface area contributed by atoms with Crippen molar-refractivity contribution >= 4 is 5.96 Å². The Morgan fingerprint density at radius 2 is 2.06 bits per heavy atom. The van der Waals surface area contributed by atoms with E-state index in [2.05, 4.69) is 18.7 Å². The number of nitrogens with two attached hydrogens (primary N) is 1. The van der Waals surface area contributed by atoms with Crippen LogP contribution in [-0.4, -0.2) is 48.0 Å². The lowest BCUT2D eigenvalue weighted by molar-refractivity contribution is 0.109. The lowest BCUT2D eigenvalue weighted by Crippen LogP contribution is -2.55. The van der Waals surface area contributed by atoms with E-state index in [0.717, 1.165) is 26.2 Å². The van der Waals surface area contributed by atoms with E-state index in [-0.39, 0.29) is 5.96 Å². The van der Waals surface area contributed by atoms with Gasteiger partial charge in [0.25, 0.3) is 0 Å². The van der Waals surface area contributed by atoms with Gasteiger partial charge in [-0.15, -0.1) is 0 Å². The number of nitrogens with zero attached hydrogens (tertiary/aromatic N) is 2. The largest absolute Gasteiger partial charge is 0.370 e. The molecule has 0 aromatic rings. The molecular weight excluding hydrogens is 200 g/mol. The number of hydrogen-bond acceptors (Lipinski definition) is 2. The van der Waals surface area contributed by atoms with Crippen molar-refractivity contribution in [2.45, 2.75) is 45.6 Å². The minimum Gasteiger partial charge on any atom is -0.370 e. The van der Waals surface area contributed by atoms with Crippen LogP contribution in [0, 0.1) is 5.41 Å². The van der Waals surface area contributed by atoms with Crippen LogP contribution in [0.5, 0.6) is 0 Å². The predicted molar refractivity (Wildman–Crippen MR) is 68.7 cm³/mol. The summed E-state index contributed by atoms with van der Waals surface area (Å²) in [5, 5.41) is 7.50. The summed E-state index contributed by atoms with van der Waals surface area (Å²) in [7, 11) is 0. The first-order valence-electron chi connectivity index (χ1n) is 6.52. The Hall–Kier alpha value is -0.770. The molecule has 1 atom stereocenters. The van der Waals surface area contributed by atoms with E-state index in [0.29, 0.717) is 6.04 Å². The Kier molecular flexibility index (Phi) is 5.60. The second-order valence-electron chi connectivity index (χ2n) is 4.61. The SMILES string of the molecule is CCCCCC1CN(C(=N)N)CCN1CC. The van der Waals surface area contributed by atoms with Crippen LogP contribution in [0.4, 0.5) is 0 Å². The zero-order chi connectivity index (χ0) is 12.0. The van der Waals surface area contributed by atoms with Crippen LogP contribution in [0.25, 0.3) is 0 Å². The molecule has 0 amide bonds. The van der Waals surface area contributed by atoms with E-state index in [9.17, 15) is 0 Å². The summed E-state index contributed by atoms with van der Waals surface area (Å²) in [6.07, 6.45) is 5.12. The molecule has 94 valence electrons. The minimum absolute atomic E-state index is 0.233. The van der Waals surface area contributed by atoms with Crippen LogP contribution in [0.1, 0.15) is 39.5 Å². The first-order valence-corrected chi connectivity index (χ1v) is 6.52. The molecule has 1 rings (SSSR count). The van der Waals surface area contributed by atoms with E-state index >= 15 is 0 Å². The van der Waals surface area contributed by atoms with Crippen LogP contribution in [0.3, 0.4) is 0 Å². The number of likely N-dealkylation sites (N-methyl/N-ethyl adjacent to an activating group) is 1. The smallest absolute Gasteiger partial charge is 0.188 e. The highest BCUT2D eigenvalue weighted by atomic mass is 15.3. The Balaban J connectivity index is 2.43. The fourth-order valence-electron chi connectivity index (χ4n) is 2.43. The highest BCUT2D eigenvalue weighted by Crippen LogP contribution is 2.15. The fourth-order valence-corrected chi connectivity index (χ4v) is 2.43. The molecule has 4 nitrogen and oxygen atoms in total. The first kappa shape index (κ1) is 13.3. The van der Waals surface area contributed by atoms with Gasteiger partial charge in [-0.3, -0.25) is 10.3 Å². The average molecular weight is 226 g/mol. The maximum absolute atomic E-state index is 7.50. The topological polar surface area (TPSA) is 56.4 Å². The maximum atomic E-state index is 7.50. The zero-order valence-corrected chi connectivity index (χ0v) is 10.7. The molecule has 0 aromatic heterocycles. The van der Waals surface area contributed by atoms with E-state index in [1.54, 1.807) is 0 Å². The Labute approximate surface area is 99.3 Å². The second-order valence-corrected chi connectivity index (χ2v) is 4.61. The van der Waals surface area contributed by atoms with Gasteiger partial charge in [0.05, 0.1) is 0 Å². The van der Waals surface area contributed by atoms with Gasteiger partial charge < -0.3 is 10.6 Å². The summed E-state index contributed by atoms with van der Waals surface area (Å²) in [6.45, 7) is 8.46. The molecule has 1 fully saturated rings. The summed E-state index contributed by atoms with van der Waals surface area (Å²) in [4.78, 5) is 4.53. The molecule has 0 aliphatic carbocycles. The number of piperazine rings is 1. The van der Waals surface area contributed by atoms with Crippen molar-refractivity contribution in [1.82, 2.24) is 9.80 Å². The van der Waals surface area contributed by atoms with Crippen LogP contribution < -0.4 is 5.73 Å². The molecule has 3 N–H and O–H groups in total. The van der Waals surface area contributed by atoms with Crippen molar-refractivity contribution in [3.8, 4) is 0 Å². The van der Waals surface area contributed by atoms with Crippen molar-refractivity contribution in [3.05, 3.63) is 0 Å². The fraction of sp³-hybridized carbons (Fsp3) is 0.917. The average Bonchev–Trinajstić information content (AvgIpc) is 2.29. The number of guanidine groups is 1. The lowest BCUT2D eigenvalue weighted by Gasteiger charge is -2.41. The molecular formula is C12H26N4. The molecule has 16 heavy (non-hydrogen) atoms. The van der Waals surface area contributed by atoms with Gasteiger partial charge in [-0.1, -0.05) is 33.1 Å². The highest BCUT2D eigenvalue weighted by molar-refractivity contribution is 5.74. The van der Waals surface area contributed by atoms with E-state index in [1.807, 2.05) is 4.90 Å². The summed E-state index contributed by atoms with van der Waals surface area (Å²) >= 11 is 0. The molecule has 0 bridgehead atoms. The number of hydrogen-bond donors (Lipinski definition) is 2. The number of rotatable bonds is 5. The third-order valence-corrected chi connectivity index (χ3v) is 3.49. The molecule has 0 aromatic carbocycles. The normalized spacial score (nSPS) is 22.4. The summed E-state index contributed by atoms with van der Waals surface area (Å²) in [6, 6.07) is 0.592. The van der Waals surface area contributed by atoms with Gasteiger partial charge in [-0.25, -0.2) is 0 Å². The van der Waals surface area contributed by atoms with Crippen molar-refractivity contribution in [2.24, 2.45) is 5.73 Å². The first-order chi connectivity index (χ1) is 7.69. The second kappa shape index (κ2) is 6.74. The summed E-state index contributed by atoms with van der Waals surface area (Å²) in [5.74, 6) is 0.233. The molecule has 1 unspecified atom stereocenters. The van der Waals surface area contributed by atoms with Gasteiger partial charge in [-0.2, -0.15) is 0 Å². The number of nitrogens with one attached hydrogen (secondary N) is 1. The predicted octanol–water partition coefficient (Wildman–Crippen LogP) is 1.47. The summed E-state index contributed by atoms with van der Waals surface area (Å²) in [5.41, 5.74) is 5.56. The highest BCUT2D eigenvalue weighted by Gasteiger charge is 2.25. The van der Waals surface area contributed by atoms with Gasteiger partial charge in [0.2, 0.25) is 0 Å². The van der Waals surface area contributed by atoms with Crippen molar-refractivity contribution in [2.75, 3.05) is 26.2 Å². The number of unbranched alkanes of at least 4 members (excludes halogenated alkanes) is 2. The van der Waals surface area contributed by atoms with Crippen molar-refractivity contribution in [1.29, 1.82) is 5.41 Å². The van der Waals surface area contributed by atoms with Gasteiger partial charge in [-0.05, 0) is 13.0 Å². The van der Waals surface area contributed by atoms with E-state index in [1.165, 1.54) is 25.7 Å². The van der Waals surface area contributed by atoms with E-state index < -0.39 is 0 Å². The maximum Gasteiger partial charge on any atom is 0.188 e. The Bertz CT molecular complexity index is 217. The third-order valence-electron chi connectivity index (χ3n) is 3.49. The Morgan fingerprint density at radius 3 is 2.62 bits per heavy atom. The molecule has 1 aliphatic heterocycles. The Morgan fingerprint density at radius 1 is 1.31 bits per heavy atom. The molecule has 0 spiro atoms.